The van der Waals surface area contributed by atoms with Crippen molar-refractivity contribution in [3.8, 4) is 5.75 Å². The Morgan fingerprint density at radius 1 is 0.757 bits per heavy atom. The van der Waals surface area contributed by atoms with Gasteiger partial charge in [-0.05, 0) is 53.5 Å². The van der Waals surface area contributed by atoms with E-state index in [-0.39, 0.29) is 18.4 Å². The van der Waals surface area contributed by atoms with Crippen molar-refractivity contribution in [3.05, 3.63) is 100 Å². The first kappa shape index (κ1) is 26.4. The Bertz CT molecular complexity index is 1370. The standard InChI is InChI=1S/C27H22F6N2O2/c1-36-15-18-13-34-24(35-14-18)9-4-16-3-8-21-20(10-16)7-6-19(25(21)30)5-2-17-11-22(28)26(23(29)12-17)37-27(31,32)33/h3,6-8,10-14H,2,4-5,9,15H2,1H3. The summed E-state index contributed by atoms with van der Waals surface area (Å²) in [5, 5.41) is 1.09. The molecule has 0 saturated carbocycles. The summed E-state index contributed by atoms with van der Waals surface area (Å²) in [4.78, 5) is 8.64. The van der Waals surface area contributed by atoms with Crippen LogP contribution in [0.5, 0.6) is 5.75 Å². The Balaban J connectivity index is 1.43. The Hall–Kier alpha value is -3.66. The summed E-state index contributed by atoms with van der Waals surface area (Å²) in [7, 11) is 1.60. The molecule has 0 radical (unpaired) electrons. The highest BCUT2D eigenvalue weighted by molar-refractivity contribution is 5.84. The first-order chi connectivity index (χ1) is 17.6. The summed E-state index contributed by atoms with van der Waals surface area (Å²) >= 11 is 0. The molecule has 37 heavy (non-hydrogen) atoms. The smallest absolute Gasteiger partial charge is 0.399 e. The third-order valence-corrected chi connectivity index (χ3v) is 5.76. The van der Waals surface area contributed by atoms with Crippen molar-refractivity contribution in [1.82, 2.24) is 9.97 Å². The van der Waals surface area contributed by atoms with Crippen molar-refractivity contribution >= 4 is 10.8 Å². The second-order valence-electron chi connectivity index (χ2n) is 8.47. The van der Waals surface area contributed by atoms with Gasteiger partial charge in [0.25, 0.3) is 0 Å². The van der Waals surface area contributed by atoms with E-state index in [9.17, 15) is 22.0 Å². The topological polar surface area (TPSA) is 44.2 Å². The summed E-state index contributed by atoms with van der Waals surface area (Å²) in [6.07, 6.45) is -0.399. The fourth-order valence-corrected chi connectivity index (χ4v) is 3.99. The van der Waals surface area contributed by atoms with Gasteiger partial charge < -0.3 is 9.47 Å². The van der Waals surface area contributed by atoms with E-state index in [4.69, 9.17) is 4.74 Å². The minimum Gasteiger partial charge on any atom is -0.399 e. The van der Waals surface area contributed by atoms with Crippen LogP contribution >= 0.6 is 0 Å². The average Bonchev–Trinajstić information content (AvgIpc) is 2.85. The van der Waals surface area contributed by atoms with Crippen molar-refractivity contribution < 1.29 is 35.8 Å². The molecule has 0 aliphatic heterocycles. The largest absolute Gasteiger partial charge is 0.573 e. The van der Waals surface area contributed by atoms with Crippen molar-refractivity contribution in [3.63, 3.8) is 0 Å². The molecular weight excluding hydrogens is 498 g/mol. The summed E-state index contributed by atoms with van der Waals surface area (Å²) < 4.78 is 88.5. The first-order valence-corrected chi connectivity index (χ1v) is 11.4. The van der Waals surface area contributed by atoms with Crippen LogP contribution in [-0.4, -0.2) is 23.4 Å². The zero-order chi connectivity index (χ0) is 26.6. The lowest BCUT2D eigenvalue weighted by Gasteiger charge is -2.12. The number of benzene rings is 3. The third-order valence-electron chi connectivity index (χ3n) is 5.76. The monoisotopic (exact) mass is 520 g/mol. The number of rotatable bonds is 9. The van der Waals surface area contributed by atoms with Gasteiger partial charge >= 0.3 is 6.36 Å². The molecule has 1 heterocycles. The second kappa shape index (κ2) is 11.2. The summed E-state index contributed by atoms with van der Waals surface area (Å²) in [5.74, 6) is -4.24. The molecule has 10 heteroatoms. The molecule has 1 aromatic heterocycles. The van der Waals surface area contributed by atoms with Gasteiger partial charge in [-0.15, -0.1) is 13.2 Å². The van der Waals surface area contributed by atoms with Crippen LogP contribution in [0.2, 0.25) is 0 Å². The number of alkyl halides is 3. The highest BCUT2D eigenvalue weighted by atomic mass is 19.4. The minimum atomic E-state index is -5.22. The molecule has 0 spiro atoms. The molecule has 0 fully saturated rings. The zero-order valence-electron chi connectivity index (χ0n) is 19.7. The molecule has 0 bridgehead atoms. The maximum atomic E-state index is 15.1. The van der Waals surface area contributed by atoms with Crippen LogP contribution in [0.3, 0.4) is 0 Å². The highest BCUT2D eigenvalue weighted by Crippen LogP contribution is 2.30. The van der Waals surface area contributed by atoms with Crippen LogP contribution in [0.1, 0.15) is 28.1 Å². The fraction of sp³-hybridized carbons (Fsp3) is 0.259. The van der Waals surface area contributed by atoms with Crippen LogP contribution in [0.4, 0.5) is 26.3 Å². The van der Waals surface area contributed by atoms with Gasteiger partial charge in [0.2, 0.25) is 5.75 Å². The Morgan fingerprint density at radius 3 is 2.08 bits per heavy atom. The van der Waals surface area contributed by atoms with Crippen molar-refractivity contribution in [2.24, 2.45) is 0 Å². The van der Waals surface area contributed by atoms with E-state index in [0.717, 1.165) is 23.3 Å². The van der Waals surface area contributed by atoms with Crippen molar-refractivity contribution in [2.75, 3.05) is 7.11 Å². The summed E-state index contributed by atoms with van der Waals surface area (Å²) in [6, 6.07) is 10.2. The lowest BCUT2D eigenvalue weighted by molar-refractivity contribution is -0.276. The predicted molar refractivity (Wildman–Crippen MR) is 125 cm³/mol. The van der Waals surface area contributed by atoms with E-state index in [1.165, 1.54) is 0 Å². The number of fused-ring (bicyclic) bond motifs is 1. The van der Waals surface area contributed by atoms with E-state index in [2.05, 4.69) is 14.7 Å². The van der Waals surface area contributed by atoms with Gasteiger partial charge in [-0.2, -0.15) is 0 Å². The van der Waals surface area contributed by atoms with Gasteiger partial charge in [-0.25, -0.2) is 23.1 Å². The van der Waals surface area contributed by atoms with Crippen LogP contribution in [0.15, 0.2) is 54.9 Å². The van der Waals surface area contributed by atoms with E-state index >= 15 is 4.39 Å². The first-order valence-electron chi connectivity index (χ1n) is 11.4. The molecule has 0 aliphatic carbocycles. The van der Waals surface area contributed by atoms with Gasteiger partial charge in [0.05, 0.1) is 6.61 Å². The molecular formula is C27H22F6N2O2. The Kier molecular flexibility index (Phi) is 7.97. The molecule has 0 aliphatic rings. The van der Waals surface area contributed by atoms with Crippen LogP contribution in [0, 0.1) is 17.5 Å². The number of ether oxygens (including phenoxy) is 2. The highest BCUT2D eigenvalue weighted by Gasteiger charge is 2.34. The Labute approximate surface area is 208 Å². The fourth-order valence-electron chi connectivity index (χ4n) is 3.99. The van der Waals surface area contributed by atoms with Crippen molar-refractivity contribution in [2.45, 2.75) is 38.7 Å². The molecule has 3 aromatic carbocycles. The van der Waals surface area contributed by atoms with Gasteiger partial charge in [0.15, 0.2) is 11.6 Å². The third kappa shape index (κ3) is 6.76. The molecule has 0 saturated heterocycles. The summed E-state index contributed by atoms with van der Waals surface area (Å²) in [5.41, 5.74) is 2.26. The lowest BCUT2D eigenvalue weighted by atomic mass is 9.98. The SMILES string of the molecule is COCc1cnc(CCc2ccc3c(F)c(CCc4cc(F)c(OC(F)(F)F)c(F)c4)ccc3c2)nc1. The molecule has 0 unspecified atom stereocenters. The molecule has 0 N–H and O–H groups in total. The number of hydrogen-bond acceptors (Lipinski definition) is 4. The van der Waals surface area contributed by atoms with Crippen LogP contribution in [0.25, 0.3) is 10.8 Å². The van der Waals surface area contributed by atoms with E-state index in [1.807, 2.05) is 12.1 Å². The number of halogens is 6. The summed E-state index contributed by atoms with van der Waals surface area (Å²) in [6.45, 7) is 0.440. The number of methoxy groups -OCH3 is 1. The maximum Gasteiger partial charge on any atom is 0.573 e. The normalized spacial score (nSPS) is 11.8. The van der Waals surface area contributed by atoms with Gasteiger partial charge in [0.1, 0.15) is 11.6 Å². The molecule has 4 aromatic rings. The van der Waals surface area contributed by atoms with Gasteiger partial charge in [0, 0.05) is 36.9 Å². The van der Waals surface area contributed by atoms with Crippen LogP contribution < -0.4 is 4.74 Å². The molecule has 0 amide bonds. The number of aryl methyl sites for hydroxylation is 4. The maximum absolute atomic E-state index is 15.1. The molecule has 4 rings (SSSR count). The van der Waals surface area contributed by atoms with Gasteiger partial charge in [-0.3, -0.25) is 0 Å². The van der Waals surface area contributed by atoms with E-state index in [0.29, 0.717) is 41.6 Å². The molecule has 4 nitrogen and oxygen atoms in total. The molecule has 194 valence electrons. The number of aromatic nitrogens is 2. The number of nitrogens with zero attached hydrogens (tertiary/aromatic N) is 2. The van der Waals surface area contributed by atoms with E-state index < -0.39 is 29.6 Å². The quantitative estimate of drug-likeness (QED) is 0.232. The van der Waals surface area contributed by atoms with E-state index in [1.54, 1.807) is 37.7 Å². The van der Waals surface area contributed by atoms with Crippen LogP contribution in [-0.2, 0) is 37.0 Å². The molecule has 0 atom stereocenters. The minimum absolute atomic E-state index is 0.0177. The predicted octanol–water partition coefficient (Wildman–Crippen LogP) is 6.66. The Morgan fingerprint density at radius 2 is 1.43 bits per heavy atom. The average molecular weight is 520 g/mol. The van der Waals surface area contributed by atoms with Crippen molar-refractivity contribution in [1.29, 1.82) is 0 Å². The number of hydrogen-bond donors (Lipinski definition) is 0. The second-order valence-corrected chi connectivity index (χ2v) is 8.47. The zero-order valence-corrected chi connectivity index (χ0v) is 19.7. The lowest BCUT2D eigenvalue weighted by Crippen LogP contribution is -2.19. The van der Waals surface area contributed by atoms with Gasteiger partial charge in [-0.1, -0.05) is 30.3 Å².